The SMILES string of the molecule is O=C(O)Cc1cccc(NC(=O)c2cc3c(s2)CCOC3)c1. The van der Waals surface area contributed by atoms with Gasteiger partial charge in [-0.05, 0) is 29.3 Å². The van der Waals surface area contributed by atoms with E-state index in [0.29, 0.717) is 29.3 Å². The maximum Gasteiger partial charge on any atom is 0.307 e. The Bertz CT molecular complexity index is 699. The molecule has 1 aromatic carbocycles. The van der Waals surface area contributed by atoms with Crippen LogP contribution in [-0.4, -0.2) is 23.6 Å². The fraction of sp³-hybridized carbons (Fsp3) is 0.250. The lowest BCUT2D eigenvalue weighted by molar-refractivity contribution is -0.136. The van der Waals surface area contributed by atoms with Gasteiger partial charge in [-0.1, -0.05) is 12.1 Å². The van der Waals surface area contributed by atoms with Crippen LogP contribution in [0.2, 0.25) is 0 Å². The molecule has 0 unspecified atom stereocenters. The van der Waals surface area contributed by atoms with E-state index in [2.05, 4.69) is 5.32 Å². The van der Waals surface area contributed by atoms with Crippen molar-refractivity contribution in [3.8, 4) is 0 Å². The quantitative estimate of drug-likeness (QED) is 0.909. The zero-order valence-corrected chi connectivity index (χ0v) is 12.6. The average molecular weight is 317 g/mol. The van der Waals surface area contributed by atoms with Gasteiger partial charge >= 0.3 is 5.97 Å². The van der Waals surface area contributed by atoms with Crippen LogP contribution in [0.1, 0.15) is 25.7 Å². The van der Waals surface area contributed by atoms with E-state index in [9.17, 15) is 9.59 Å². The third-order valence-electron chi connectivity index (χ3n) is 3.39. The smallest absolute Gasteiger partial charge is 0.307 e. The molecule has 0 bridgehead atoms. The molecule has 1 aliphatic heterocycles. The summed E-state index contributed by atoms with van der Waals surface area (Å²) in [6, 6.07) is 8.77. The zero-order chi connectivity index (χ0) is 15.5. The number of benzene rings is 1. The lowest BCUT2D eigenvalue weighted by atomic mass is 10.1. The summed E-state index contributed by atoms with van der Waals surface area (Å²) in [6.45, 7) is 1.26. The summed E-state index contributed by atoms with van der Waals surface area (Å²) in [7, 11) is 0. The van der Waals surface area contributed by atoms with Gasteiger partial charge in [0, 0.05) is 17.0 Å². The van der Waals surface area contributed by atoms with Crippen LogP contribution in [0, 0.1) is 0 Å². The van der Waals surface area contributed by atoms with Crippen LogP contribution in [0.25, 0.3) is 0 Å². The van der Waals surface area contributed by atoms with E-state index in [-0.39, 0.29) is 12.3 Å². The molecular weight excluding hydrogens is 302 g/mol. The molecule has 114 valence electrons. The number of amides is 1. The van der Waals surface area contributed by atoms with Crippen LogP contribution < -0.4 is 5.32 Å². The standard InChI is InChI=1S/C16H15NO4S/c18-15(19)7-10-2-1-3-12(6-10)17-16(20)14-8-11-9-21-5-4-13(11)22-14/h1-3,6,8H,4-5,7,9H2,(H,17,20)(H,18,19). The first-order chi connectivity index (χ1) is 10.6. The van der Waals surface area contributed by atoms with Crippen molar-refractivity contribution >= 4 is 28.9 Å². The van der Waals surface area contributed by atoms with Gasteiger partial charge in [-0.15, -0.1) is 11.3 Å². The number of aliphatic carboxylic acids is 1. The minimum atomic E-state index is -0.894. The Morgan fingerprint density at radius 3 is 2.95 bits per heavy atom. The number of ether oxygens (including phenoxy) is 1. The van der Waals surface area contributed by atoms with E-state index in [1.807, 2.05) is 6.07 Å². The number of carboxylic acids is 1. The molecule has 0 aliphatic carbocycles. The minimum Gasteiger partial charge on any atom is -0.481 e. The number of carbonyl (C=O) groups is 2. The van der Waals surface area contributed by atoms with Crippen molar-refractivity contribution < 1.29 is 19.4 Å². The first kappa shape index (κ1) is 14.7. The van der Waals surface area contributed by atoms with Crippen LogP contribution in [0.15, 0.2) is 30.3 Å². The highest BCUT2D eigenvalue weighted by molar-refractivity contribution is 7.14. The maximum atomic E-state index is 12.3. The Morgan fingerprint density at radius 1 is 1.32 bits per heavy atom. The number of rotatable bonds is 4. The second kappa shape index (κ2) is 6.29. The van der Waals surface area contributed by atoms with Crippen molar-refractivity contribution in [2.45, 2.75) is 19.4 Å². The summed E-state index contributed by atoms with van der Waals surface area (Å²) in [4.78, 5) is 24.9. The maximum absolute atomic E-state index is 12.3. The Morgan fingerprint density at radius 2 is 2.18 bits per heavy atom. The van der Waals surface area contributed by atoms with Crippen molar-refractivity contribution in [3.05, 3.63) is 51.2 Å². The second-order valence-corrected chi connectivity index (χ2v) is 6.22. The molecule has 1 aliphatic rings. The third-order valence-corrected chi connectivity index (χ3v) is 4.63. The molecule has 0 spiro atoms. The molecule has 6 heteroatoms. The topological polar surface area (TPSA) is 75.6 Å². The molecule has 22 heavy (non-hydrogen) atoms. The Labute approximate surface area is 131 Å². The molecule has 5 nitrogen and oxygen atoms in total. The lowest BCUT2D eigenvalue weighted by Gasteiger charge is -2.10. The highest BCUT2D eigenvalue weighted by atomic mass is 32.1. The molecule has 2 heterocycles. The molecule has 1 amide bonds. The molecule has 0 fully saturated rings. The molecule has 0 saturated carbocycles. The number of carboxylic acid groups (broad SMARTS) is 1. The molecule has 0 saturated heterocycles. The van der Waals surface area contributed by atoms with Gasteiger partial charge in [-0.2, -0.15) is 0 Å². The third kappa shape index (κ3) is 3.35. The molecule has 2 aromatic rings. The summed E-state index contributed by atoms with van der Waals surface area (Å²) in [5.74, 6) is -1.07. The van der Waals surface area contributed by atoms with Crippen LogP contribution in [0.5, 0.6) is 0 Å². The van der Waals surface area contributed by atoms with Gasteiger partial charge in [-0.3, -0.25) is 9.59 Å². The molecule has 2 N–H and O–H groups in total. The number of thiophene rings is 1. The monoisotopic (exact) mass is 317 g/mol. The van der Waals surface area contributed by atoms with Crippen molar-refractivity contribution in [1.29, 1.82) is 0 Å². The minimum absolute atomic E-state index is 0.0612. The number of anilines is 1. The number of hydrogen-bond acceptors (Lipinski definition) is 4. The summed E-state index contributed by atoms with van der Waals surface area (Å²) in [5.41, 5.74) is 2.34. The highest BCUT2D eigenvalue weighted by Gasteiger charge is 2.17. The first-order valence-electron chi connectivity index (χ1n) is 6.93. The van der Waals surface area contributed by atoms with Gasteiger partial charge in [0.15, 0.2) is 0 Å². The Balaban J connectivity index is 1.73. The van der Waals surface area contributed by atoms with Crippen molar-refractivity contribution in [2.24, 2.45) is 0 Å². The summed E-state index contributed by atoms with van der Waals surface area (Å²) in [6.07, 6.45) is 0.787. The average Bonchev–Trinajstić information content (AvgIpc) is 2.91. The van der Waals surface area contributed by atoms with Crippen LogP contribution in [0.3, 0.4) is 0 Å². The second-order valence-electron chi connectivity index (χ2n) is 5.09. The van der Waals surface area contributed by atoms with E-state index < -0.39 is 5.97 Å². The number of carbonyl (C=O) groups excluding carboxylic acids is 1. The van der Waals surface area contributed by atoms with Gasteiger partial charge in [0.25, 0.3) is 5.91 Å². The van der Waals surface area contributed by atoms with Crippen molar-refractivity contribution in [3.63, 3.8) is 0 Å². The van der Waals surface area contributed by atoms with Gasteiger partial charge in [0.2, 0.25) is 0 Å². The molecule has 3 rings (SSSR count). The van der Waals surface area contributed by atoms with Crippen molar-refractivity contribution in [2.75, 3.05) is 11.9 Å². The van der Waals surface area contributed by atoms with Gasteiger partial charge in [0.05, 0.1) is 24.5 Å². The molecule has 0 atom stereocenters. The first-order valence-corrected chi connectivity index (χ1v) is 7.75. The predicted molar refractivity (Wildman–Crippen MR) is 83.4 cm³/mol. The van der Waals surface area contributed by atoms with Gasteiger partial charge < -0.3 is 15.2 Å². The van der Waals surface area contributed by atoms with Crippen LogP contribution in [-0.2, 0) is 29.0 Å². The number of hydrogen-bond donors (Lipinski definition) is 2. The van der Waals surface area contributed by atoms with E-state index >= 15 is 0 Å². The van der Waals surface area contributed by atoms with Crippen molar-refractivity contribution in [1.82, 2.24) is 0 Å². The van der Waals surface area contributed by atoms with Crippen LogP contribution in [0.4, 0.5) is 5.69 Å². The zero-order valence-electron chi connectivity index (χ0n) is 11.8. The fourth-order valence-electron chi connectivity index (χ4n) is 2.39. The molecule has 1 aromatic heterocycles. The van der Waals surface area contributed by atoms with Crippen LogP contribution >= 0.6 is 11.3 Å². The molecule has 0 radical (unpaired) electrons. The Kier molecular flexibility index (Phi) is 4.22. The lowest BCUT2D eigenvalue weighted by Crippen LogP contribution is -2.10. The van der Waals surface area contributed by atoms with Gasteiger partial charge in [0.1, 0.15) is 0 Å². The normalized spacial score (nSPS) is 13.5. The fourth-order valence-corrected chi connectivity index (χ4v) is 3.43. The number of nitrogens with one attached hydrogen (secondary N) is 1. The number of fused-ring (bicyclic) bond motifs is 1. The van der Waals surface area contributed by atoms with E-state index in [4.69, 9.17) is 9.84 Å². The molecular formula is C16H15NO4S. The summed E-state index contributed by atoms with van der Waals surface area (Å²) < 4.78 is 5.38. The Hall–Kier alpha value is -2.18. The van der Waals surface area contributed by atoms with E-state index in [0.717, 1.165) is 12.0 Å². The summed E-state index contributed by atoms with van der Waals surface area (Å²) in [5, 5.41) is 11.6. The van der Waals surface area contributed by atoms with E-state index in [1.54, 1.807) is 24.3 Å². The van der Waals surface area contributed by atoms with E-state index in [1.165, 1.54) is 16.2 Å². The predicted octanol–water partition coefficient (Wildman–Crippen LogP) is 2.70. The van der Waals surface area contributed by atoms with Gasteiger partial charge in [-0.25, -0.2) is 0 Å². The largest absolute Gasteiger partial charge is 0.481 e. The highest BCUT2D eigenvalue weighted by Crippen LogP contribution is 2.27. The summed E-state index contributed by atoms with van der Waals surface area (Å²) >= 11 is 1.49.